The molecule has 128 valence electrons. The van der Waals surface area contributed by atoms with Gasteiger partial charge in [0.15, 0.2) is 11.9 Å². The molecule has 1 aromatic heterocycles. The van der Waals surface area contributed by atoms with Crippen LogP contribution in [0.15, 0.2) is 53.3 Å². The summed E-state index contributed by atoms with van der Waals surface area (Å²) in [6.45, 7) is 1.68. The molecule has 0 bridgehead atoms. The molecule has 0 unspecified atom stereocenters. The zero-order chi connectivity index (χ0) is 17.8. The van der Waals surface area contributed by atoms with Gasteiger partial charge in [-0.2, -0.15) is 0 Å². The summed E-state index contributed by atoms with van der Waals surface area (Å²) in [5.41, 5.74) is 1.14. The Labute approximate surface area is 144 Å². The SMILES string of the molecule is COc1ccc(CC(=O)O[C@@H](C)c2nc3ccccc3c(=O)[nH]2)cc1. The summed E-state index contributed by atoms with van der Waals surface area (Å²) in [7, 11) is 1.59. The van der Waals surface area contributed by atoms with Gasteiger partial charge in [0, 0.05) is 0 Å². The Hall–Kier alpha value is -3.15. The number of benzene rings is 2. The van der Waals surface area contributed by atoms with E-state index >= 15 is 0 Å². The summed E-state index contributed by atoms with van der Waals surface area (Å²) >= 11 is 0. The highest BCUT2D eigenvalue weighted by Gasteiger charge is 2.16. The first-order valence-electron chi connectivity index (χ1n) is 7.88. The summed E-state index contributed by atoms with van der Waals surface area (Å²) in [5.74, 6) is 0.656. The van der Waals surface area contributed by atoms with Crippen molar-refractivity contribution in [1.82, 2.24) is 9.97 Å². The van der Waals surface area contributed by atoms with E-state index < -0.39 is 12.1 Å². The molecule has 3 aromatic rings. The number of esters is 1. The summed E-state index contributed by atoms with van der Waals surface area (Å²) in [4.78, 5) is 31.3. The lowest BCUT2D eigenvalue weighted by atomic mass is 10.1. The number of hydrogen-bond acceptors (Lipinski definition) is 5. The van der Waals surface area contributed by atoms with Crippen LogP contribution in [0.5, 0.6) is 5.75 Å². The molecule has 0 radical (unpaired) electrons. The molecule has 0 spiro atoms. The van der Waals surface area contributed by atoms with Gasteiger partial charge in [0.2, 0.25) is 0 Å². The quantitative estimate of drug-likeness (QED) is 0.724. The summed E-state index contributed by atoms with van der Waals surface area (Å²) in [6.07, 6.45) is -0.519. The number of nitrogens with one attached hydrogen (secondary N) is 1. The number of para-hydroxylation sites is 1. The molecular weight excluding hydrogens is 320 g/mol. The largest absolute Gasteiger partial charge is 0.497 e. The fourth-order valence-corrected chi connectivity index (χ4v) is 2.50. The Bertz CT molecular complexity index is 948. The summed E-state index contributed by atoms with van der Waals surface area (Å²) in [5, 5.41) is 0.503. The maximum Gasteiger partial charge on any atom is 0.310 e. The number of carbonyl (C=O) groups is 1. The smallest absolute Gasteiger partial charge is 0.310 e. The number of rotatable bonds is 5. The summed E-state index contributed by atoms with van der Waals surface area (Å²) in [6, 6.07) is 14.2. The van der Waals surface area contributed by atoms with Gasteiger partial charge in [-0.05, 0) is 36.8 Å². The molecule has 1 atom stereocenters. The fourth-order valence-electron chi connectivity index (χ4n) is 2.50. The van der Waals surface area contributed by atoms with Crippen LogP contribution in [0.2, 0.25) is 0 Å². The Kier molecular flexibility index (Phi) is 4.79. The number of aromatic nitrogens is 2. The third kappa shape index (κ3) is 3.85. The predicted octanol–water partition coefficient (Wildman–Crippen LogP) is 2.78. The molecule has 25 heavy (non-hydrogen) atoms. The van der Waals surface area contributed by atoms with E-state index in [0.717, 1.165) is 11.3 Å². The number of hydrogen-bond donors (Lipinski definition) is 1. The number of nitrogens with zero attached hydrogens (tertiary/aromatic N) is 1. The van der Waals surface area contributed by atoms with Crippen LogP contribution in [0.4, 0.5) is 0 Å². The normalized spacial score (nSPS) is 11.9. The van der Waals surface area contributed by atoms with Gasteiger partial charge >= 0.3 is 5.97 Å². The van der Waals surface area contributed by atoms with Crippen LogP contribution in [0.25, 0.3) is 10.9 Å². The maximum absolute atomic E-state index is 12.1. The van der Waals surface area contributed by atoms with Crippen molar-refractivity contribution in [3.8, 4) is 5.75 Å². The van der Waals surface area contributed by atoms with Gasteiger partial charge in [0.25, 0.3) is 5.56 Å². The van der Waals surface area contributed by atoms with E-state index in [2.05, 4.69) is 9.97 Å². The number of aromatic amines is 1. The van der Waals surface area contributed by atoms with Crippen molar-refractivity contribution in [2.24, 2.45) is 0 Å². The topological polar surface area (TPSA) is 81.3 Å². The number of fused-ring (bicyclic) bond motifs is 1. The summed E-state index contributed by atoms with van der Waals surface area (Å²) < 4.78 is 10.5. The average molecular weight is 338 g/mol. The van der Waals surface area contributed by atoms with E-state index in [-0.39, 0.29) is 12.0 Å². The Balaban J connectivity index is 1.71. The predicted molar refractivity (Wildman–Crippen MR) is 93.6 cm³/mol. The third-order valence-corrected chi connectivity index (χ3v) is 3.83. The second-order valence-corrected chi connectivity index (χ2v) is 5.63. The van der Waals surface area contributed by atoms with E-state index in [1.54, 1.807) is 62.6 Å². The highest BCUT2D eigenvalue weighted by molar-refractivity contribution is 5.77. The van der Waals surface area contributed by atoms with Crippen molar-refractivity contribution in [3.05, 3.63) is 70.3 Å². The lowest BCUT2D eigenvalue weighted by Crippen LogP contribution is -2.18. The Morgan fingerprint density at radius 2 is 1.88 bits per heavy atom. The molecule has 0 aliphatic carbocycles. The molecule has 0 amide bonds. The van der Waals surface area contributed by atoms with Gasteiger partial charge in [-0.15, -0.1) is 0 Å². The molecule has 6 heteroatoms. The molecule has 3 rings (SSSR count). The minimum absolute atomic E-state index is 0.131. The van der Waals surface area contributed by atoms with Crippen LogP contribution in [-0.4, -0.2) is 23.0 Å². The molecular formula is C19H18N2O4. The Morgan fingerprint density at radius 1 is 1.16 bits per heavy atom. The maximum atomic E-state index is 12.1. The monoisotopic (exact) mass is 338 g/mol. The van der Waals surface area contributed by atoms with E-state index in [4.69, 9.17) is 9.47 Å². The van der Waals surface area contributed by atoms with Crippen LogP contribution >= 0.6 is 0 Å². The van der Waals surface area contributed by atoms with Gasteiger partial charge < -0.3 is 14.5 Å². The molecule has 0 aliphatic rings. The second kappa shape index (κ2) is 7.17. The van der Waals surface area contributed by atoms with Gasteiger partial charge in [-0.1, -0.05) is 24.3 Å². The number of methoxy groups -OCH3 is 1. The van der Waals surface area contributed by atoms with Gasteiger partial charge in [-0.3, -0.25) is 9.59 Å². The van der Waals surface area contributed by atoms with Crippen LogP contribution in [0.1, 0.15) is 24.4 Å². The van der Waals surface area contributed by atoms with Gasteiger partial charge in [0.05, 0.1) is 24.4 Å². The standard InChI is InChI=1S/C19H18N2O4/c1-12(18-20-16-6-4-3-5-15(16)19(23)21-18)25-17(22)11-13-7-9-14(24-2)10-8-13/h3-10,12H,11H2,1-2H3,(H,20,21,23)/t12-/m0/s1. The lowest BCUT2D eigenvalue weighted by Gasteiger charge is -2.13. The molecule has 1 N–H and O–H groups in total. The van der Waals surface area contributed by atoms with E-state index in [1.807, 2.05) is 0 Å². The molecule has 0 saturated heterocycles. The van der Waals surface area contributed by atoms with E-state index in [1.165, 1.54) is 0 Å². The van der Waals surface area contributed by atoms with Gasteiger partial charge in [-0.25, -0.2) is 4.98 Å². The van der Waals surface area contributed by atoms with Crippen molar-refractivity contribution < 1.29 is 14.3 Å². The minimum Gasteiger partial charge on any atom is -0.497 e. The first-order chi connectivity index (χ1) is 12.1. The van der Waals surface area contributed by atoms with Crippen molar-refractivity contribution in [3.63, 3.8) is 0 Å². The van der Waals surface area contributed by atoms with E-state index in [0.29, 0.717) is 16.7 Å². The number of ether oxygens (including phenoxy) is 2. The number of H-pyrrole nitrogens is 1. The highest BCUT2D eigenvalue weighted by atomic mass is 16.5. The van der Waals surface area contributed by atoms with Crippen molar-refractivity contribution in [2.75, 3.05) is 7.11 Å². The fraction of sp³-hybridized carbons (Fsp3) is 0.211. The molecule has 2 aromatic carbocycles. The van der Waals surface area contributed by atoms with Crippen LogP contribution in [0, 0.1) is 0 Å². The average Bonchev–Trinajstić information content (AvgIpc) is 2.62. The molecule has 1 heterocycles. The highest BCUT2D eigenvalue weighted by Crippen LogP contribution is 2.16. The minimum atomic E-state index is -0.650. The molecule has 0 fully saturated rings. The number of carbonyl (C=O) groups excluding carboxylic acids is 1. The Morgan fingerprint density at radius 3 is 2.60 bits per heavy atom. The van der Waals surface area contributed by atoms with Crippen LogP contribution in [-0.2, 0) is 16.0 Å². The second-order valence-electron chi connectivity index (χ2n) is 5.63. The van der Waals surface area contributed by atoms with Crippen molar-refractivity contribution >= 4 is 16.9 Å². The van der Waals surface area contributed by atoms with Crippen molar-refractivity contribution in [1.29, 1.82) is 0 Å². The zero-order valence-corrected chi connectivity index (χ0v) is 14.0. The lowest BCUT2D eigenvalue weighted by molar-refractivity contribution is -0.148. The first-order valence-corrected chi connectivity index (χ1v) is 7.88. The van der Waals surface area contributed by atoms with Gasteiger partial charge in [0.1, 0.15) is 5.75 Å². The zero-order valence-electron chi connectivity index (χ0n) is 14.0. The molecule has 0 aliphatic heterocycles. The molecule has 6 nitrogen and oxygen atoms in total. The van der Waals surface area contributed by atoms with Crippen molar-refractivity contribution in [2.45, 2.75) is 19.4 Å². The van der Waals surface area contributed by atoms with Crippen LogP contribution < -0.4 is 10.3 Å². The molecule has 0 saturated carbocycles. The first kappa shape index (κ1) is 16.7. The van der Waals surface area contributed by atoms with E-state index in [9.17, 15) is 9.59 Å². The van der Waals surface area contributed by atoms with Crippen LogP contribution in [0.3, 0.4) is 0 Å². The third-order valence-electron chi connectivity index (χ3n) is 3.83.